The van der Waals surface area contributed by atoms with Gasteiger partial charge in [-0.3, -0.25) is 24.7 Å². The fraction of sp³-hybridized carbons (Fsp3) is 0.216. The first-order valence-electron chi connectivity index (χ1n) is 16.2. The Morgan fingerprint density at radius 2 is 1.58 bits per heavy atom. The van der Waals surface area contributed by atoms with Gasteiger partial charge >= 0.3 is 18.2 Å². The van der Waals surface area contributed by atoms with Gasteiger partial charge in [-0.25, -0.2) is 14.8 Å². The zero-order valence-electron chi connectivity index (χ0n) is 27.6. The number of urea groups is 1. The van der Waals surface area contributed by atoms with Crippen molar-refractivity contribution in [2.24, 2.45) is 0 Å². The molecule has 0 atom stereocenters. The van der Waals surface area contributed by atoms with Gasteiger partial charge in [-0.1, -0.05) is 48.5 Å². The Bertz CT molecular complexity index is 2110. The summed E-state index contributed by atoms with van der Waals surface area (Å²) in [6, 6.07) is 18.2. The van der Waals surface area contributed by atoms with Gasteiger partial charge in [0.25, 0.3) is 0 Å². The van der Waals surface area contributed by atoms with Gasteiger partial charge in [-0.2, -0.15) is 13.2 Å². The predicted molar refractivity (Wildman–Crippen MR) is 188 cm³/mol. The number of esters is 1. The SMILES string of the molecule is CCNC(=O)Nc1cc(-c2nc(C(F)(F)F)cs2)c(-c2cncc(C(=O)CNC(=O)CCC(=O)OCC3c4ccccc4-c4ccccc43)c2)cn1. The summed E-state index contributed by atoms with van der Waals surface area (Å²) < 4.78 is 45.7. The fourth-order valence-electron chi connectivity index (χ4n) is 5.79. The van der Waals surface area contributed by atoms with Crippen molar-refractivity contribution in [3.05, 3.63) is 107 Å². The van der Waals surface area contributed by atoms with Crippen LogP contribution in [0, 0.1) is 0 Å². The molecule has 0 unspecified atom stereocenters. The second-order valence-electron chi connectivity index (χ2n) is 11.7. The average molecular weight is 729 g/mol. The molecule has 0 aliphatic heterocycles. The van der Waals surface area contributed by atoms with Crippen LogP contribution in [0.3, 0.4) is 0 Å². The molecule has 1 aliphatic carbocycles. The number of hydrogen-bond donors (Lipinski definition) is 3. The Balaban J connectivity index is 1.07. The molecule has 3 amide bonds. The number of aromatic nitrogens is 3. The third kappa shape index (κ3) is 8.15. The maximum Gasteiger partial charge on any atom is 0.434 e. The number of thiazole rings is 1. The van der Waals surface area contributed by atoms with Gasteiger partial charge in [0.2, 0.25) is 5.91 Å². The second kappa shape index (κ2) is 15.5. The van der Waals surface area contributed by atoms with Crippen LogP contribution in [-0.4, -0.2) is 58.3 Å². The Morgan fingerprint density at radius 1 is 0.865 bits per heavy atom. The minimum atomic E-state index is -4.67. The van der Waals surface area contributed by atoms with E-state index in [0.717, 1.165) is 39.0 Å². The highest BCUT2D eigenvalue weighted by Gasteiger charge is 2.34. The smallest absolute Gasteiger partial charge is 0.434 e. The monoisotopic (exact) mass is 728 g/mol. The average Bonchev–Trinajstić information content (AvgIpc) is 3.76. The van der Waals surface area contributed by atoms with E-state index >= 15 is 0 Å². The highest BCUT2D eigenvalue weighted by atomic mass is 32.1. The number of ether oxygens (including phenoxy) is 1. The molecule has 0 saturated heterocycles. The number of pyridine rings is 2. The number of fused-ring (bicyclic) bond motifs is 3. The molecule has 52 heavy (non-hydrogen) atoms. The predicted octanol–water partition coefficient (Wildman–Crippen LogP) is 6.86. The molecular weight excluding hydrogens is 698 g/mol. The van der Waals surface area contributed by atoms with Crippen LogP contribution in [0.25, 0.3) is 32.8 Å². The zero-order valence-corrected chi connectivity index (χ0v) is 28.4. The molecule has 0 saturated carbocycles. The van der Waals surface area contributed by atoms with Crippen molar-refractivity contribution in [1.82, 2.24) is 25.6 Å². The number of amides is 3. The number of nitrogens with zero attached hydrogens (tertiary/aromatic N) is 3. The molecule has 3 N–H and O–H groups in total. The molecule has 1 aliphatic rings. The van der Waals surface area contributed by atoms with E-state index in [1.165, 1.54) is 30.7 Å². The number of hydrogen-bond acceptors (Lipinski definition) is 9. The van der Waals surface area contributed by atoms with E-state index in [4.69, 9.17) is 4.74 Å². The lowest BCUT2D eigenvalue weighted by Crippen LogP contribution is -2.30. The van der Waals surface area contributed by atoms with Crippen molar-refractivity contribution in [1.29, 1.82) is 0 Å². The third-order valence-corrected chi connectivity index (χ3v) is 9.13. The van der Waals surface area contributed by atoms with Crippen LogP contribution in [0.15, 0.2) is 84.6 Å². The molecule has 11 nitrogen and oxygen atoms in total. The van der Waals surface area contributed by atoms with Gasteiger partial charge in [0, 0.05) is 65.1 Å². The Hall–Kier alpha value is -5.96. The highest BCUT2D eigenvalue weighted by Crippen LogP contribution is 2.44. The van der Waals surface area contributed by atoms with Crippen molar-refractivity contribution >= 4 is 40.8 Å². The maximum atomic E-state index is 13.4. The Morgan fingerprint density at radius 3 is 2.25 bits per heavy atom. The lowest BCUT2D eigenvalue weighted by atomic mass is 9.98. The molecule has 15 heteroatoms. The molecule has 5 aromatic rings. The molecule has 2 aromatic carbocycles. The Kier molecular flexibility index (Phi) is 10.7. The van der Waals surface area contributed by atoms with E-state index in [0.29, 0.717) is 17.7 Å². The third-order valence-electron chi connectivity index (χ3n) is 8.26. The van der Waals surface area contributed by atoms with Crippen LogP contribution in [0.2, 0.25) is 0 Å². The summed E-state index contributed by atoms with van der Waals surface area (Å²) in [4.78, 5) is 62.4. The molecule has 3 heterocycles. The van der Waals surface area contributed by atoms with Crippen LogP contribution in [0.5, 0.6) is 0 Å². The first-order valence-corrected chi connectivity index (χ1v) is 17.1. The summed E-state index contributed by atoms with van der Waals surface area (Å²) in [6.45, 7) is 1.79. The van der Waals surface area contributed by atoms with Crippen molar-refractivity contribution in [3.8, 4) is 32.8 Å². The minimum Gasteiger partial charge on any atom is -0.465 e. The number of Topliss-reactive ketones (excluding diaryl/α,β-unsaturated/α-hetero) is 1. The number of rotatable bonds is 12. The molecule has 6 rings (SSSR count). The summed E-state index contributed by atoms with van der Waals surface area (Å²) in [6.07, 6.45) is -1.01. The normalized spacial score (nSPS) is 12.1. The first-order chi connectivity index (χ1) is 25.0. The van der Waals surface area contributed by atoms with Crippen LogP contribution in [0.4, 0.5) is 23.8 Å². The number of ketones is 1. The number of benzene rings is 2. The lowest BCUT2D eigenvalue weighted by molar-refractivity contribution is -0.145. The molecule has 0 fully saturated rings. The van der Waals surface area contributed by atoms with Crippen molar-refractivity contribution < 1.29 is 37.1 Å². The van der Waals surface area contributed by atoms with Crippen LogP contribution in [-0.2, 0) is 20.5 Å². The van der Waals surface area contributed by atoms with Gasteiger partial charge in [0.05, 0.1) is 13.0 Å². The maximum absolute atomic E-state index is 13.4. The number of halogens is 3. The number of anilines is 1. The van der Waals surface area contributed by atoms with E-state index in [1.54, 1.807) is 6.92 Å². The zero-order chi connectivity index (χ0) is 36.8. The van der Waals surface area contributed by atoms with Gasteiger partial charge < -0.3 is 15.4 Å². The van der Waals surface area contributed by atoms with Crippen LogP contribution < -0.4 is 16.0 Å². The summed E-state index contributed by atoms with van der Waals surface area (Å²) in [5.74, 6) is -1.62. The van der Waals surface area contributed by atoms with E-state index in [1.807, 2.05) is 48.5 Å². The summed E-state index contributed by atoms with van der Waals surface area (Å²) >= 11 is 0.754. The molecule has 0 radical (unpaired) electrons. The van der Waals surface area contributed by atoms with Crippen molar-refractivity contribution in [2.75, 3.05) is 25.0 Å². The molecule has 266 valence electrons. The highest BCUT2D eigenvalue weighted by molar-refractivity contribution is 7.13. The standard InChI is InChI=1S/C37H31F3N6O5S/c1-2-42-36(50)46-32-14-27(35-45-31(20-52-35)37(38,39)40)28(17-43-32)21-13-22(16-41-15-21)30(47)18-44-33(48)11-12-34(49)51-19-29-25-9-5-3-7-23(25)24-8-4-6-10-26(24)29/h3-10,13-17,20,29H,2,11-12,18-19H2,1H3,(H,44,48)(H2,42,43,46,50). The topological polar surface area (TPSA) is 152 Å². The van der Waals surface area contributed by atoms with E-state index in [9.17, 15) is 32.3 Å². The minimum absolute atomic E-state index is 0.00377. The number of alkyl halides is 3. The van der Waals surface area contributed by atoms with Gasteiger partial charge in [0.1, 0.15) is 17.4 Å². The van der Waals surface area contributed by atoms with Crippen molar-refractivity contribution in [2.45, 2.75) is 31.9 Å². The Labute approximate surface area is 299 Å². The largest absolute Gasteiger partial charge is 0.465 e. The number of carbonyl (C=O) groups is 4. The van der Waals surface area contributed by atoms with E-state index in [-0.39, 0.29) is 47.3 Å². The molecule has 0 spiro atoms. The molecular formula is C37H31F3N6O5S. The quantitative estimate of drug-likeness (QED) is 0.0931. The van der Waals surface area contributed by atoms with Gasteiger partial charge in [-0.05, 0) is 41.3 Å². The number of nitrogens with one attached hydrogen (secondary N) is 3. The first kappa shape index (κ1) is 35.9. The molecule has 3 aromatic heterocycles. The van der Waals surface area contributed by atoms with Crippen molar-refractivity contribution in [3.63, 3.8) is 0 Å². The second-order valence-corrected chi connectivity index (χ2v) is 12.6. The fourth-order valence-corrected chi connectivity index (χ4v) is 6.65. The number of carbonyl (C=O) groups excluding carboxylic acids is 4. The summed E-state index contributed by atoms with van der Waals surface area (Å²) in [5.41, 5.74) is 4.24. The summed E-state index contributed by atoms with van der Waals surface area (Å²) in [5, 5.41) is 8.47. The van der Waals surface area contributed by atoms with Gasteiger partial charge in [-0.15, -0.1) is 11.3 Å². The van der Waals surface area contributed by atoms with Crippen LogP contribution in [0.1, 0.15) is 52.9 Å². The summed E-state index contributed by atoms with van der Waals surface area (Å²) in [7, 11) is 0. The van der Waals surface area contributed by atoms with E-state index in [2.05, 4.69) is 30.9 Å². The molecule has 0 bridgehead atoms. The lowest BCUT2D eigenvalue weighted by Gasteiger charge is -2.14. The van der Waals surface area contributed by atoms with E-state index < -0.39 is 42.1 Å². The van der Waals surface area contributed by atoms with Gasteiger partial charge in [0.15, 0.2) is 11.5 Å². The van der Waals surface area contributed by atoms with Crippen LogP contribution >= 0.6 is 11.3 Å².